The molecule has 0 atom stereocenters. The summed E-state index contributed by atoms with van der Waals surface area (Å²) in [7, 11) is 0. The molecule has 3 rings (SSSR count). The maximum atomic E-state index is 12.9. The van der Waals surface area contributed by atoms with Gasteiger partial charge in [0, 0.05) is 5.02 Å². The van der Waals surface area contributed by atoms with Gasteiger partial charge in [-0.15, -0.1) is 0 Å². The molecule has 144 valence electrons. The molecular weight excluding hydrogens is 402 g/mol. The van der Waals surface area contributed by atoms with E-state index in [2.05, 4.69) is 15.6 Å². The predicted molar refractivity (Wildman–Crippen MR) is 108 cm³/mol. The second kappa shape index (κ2) is 8.99. The molecule has 1 amide bonds. The van der Waals surface area contributed by atoms with Crippen LogP contribution in [0.4, 0.5) is 4.39 Å². The van der Waals surface area contributed by atoms with E-state index in [1.807, 2.05) is 19.1 Å². The van der Waals surface area contributed by atoms with Gasteiger partial charge in [0.05, 0.1) is 30.4 Å². The van der Waals surface area contributed by atoms with E-state index < -0.39 is 0 Å². The second-order valence-corrected chi connectivity index (χ2v) is 6.96. The van der Waals surface area contributed by atoms with Crippen LogP contribution in [0, 0.1) is 12.7 Å². The largest absolute Gasteiger partial charge is 0.273 e. The van der Waals surface area contributed by atoms with Crippen LogP contribution in [-0.4, -0.2) is 21.9 Å². The fourth-order valence-corrected chi connectivity index (χ4v) is 2.99. The van der Waals surface area contributed by atoms with Crippen molar-refractivity contribution in [2.75, 3.05) is 0 Å². The van der Waals surface area contributed by atoms with Gasteiger partial charge in [-0.05, 0) is 42.3 Å². The number of aromatic nitrogens is 2. The Bertz CT molecular complexity index is 998. The molecule has 1 heterocycles. The fraction of sp³-hybridized carbons (Fsp3) is 0.150. The Morgan fingerprint density at radius 2 is 1.79 bits per heavy atom. The number of rotatable bonds is 6. The van der Waals surface area contributed by atoms with Gasteiger partial charge in [0.25, 0.3) is 0 Å². The summed E-state index contributed by atoms with van der Waals surface area (Å²) < 4.78 is 14.6. The van der Waals surface area contributed by atoms with Crippen LogP contribution < -0.4 is 5.43 Å². The molecule has 8 heteroatoms. The van der Waals surface area contributed by atoms with Crippen molar-refractivity contribution in [3.63, 3.8) is 0 Å². The zero-order valence-electron chi connectivity index (χ0n) is 15.0. The monoisotopic (exact) mass is 418 g/mol. The molecule has 0 unspecified atom stereocenters. The molecule has 0 spiro atoms. The number of carbonyl (C=O) groups excluding carboxylic acids is 1. The SMILES string of the molecule is Cc1nn(Cc2ccc(Cl)cc2)c(Cl)c1/C=N/NC(=O)Cc1ccc(F)cc1. The summed E-state index contributed by atoms with van der Waals surface area (Å²) >= 11 is 12.3. The van der Waals surface area contributed by atoms with Crippen molar-refractivity contribution in [3.05, 3.63) is 86.9 Å². The number of halogens is 3. The van der Waals surface area contributed by atoms with E-state index in [4.69, 9.17) is 23.2 Å². The summed E-state index contributed by atoms with van der Waals surface area (Å²) in [6.07, 6.45) is 1.56. The van der Waals surface area contributed by atoms with Crippen molar-refractivity contribution in [1.29, 1.82) is 0 Å². The lowest BCUT2D eigenvalue weighted by atomic mass is 10.1. The quantitative estimate of drug-likeness (QED) is 0.476. The summed E-state index contributed by atoms with van der Waals surface area (Å²) in [6.45, 7) is 2.30. The molecule has 3 aromatic rings. The van der Waals surface area contributed by atoms with Crippen LogP contribution in [0.25, 0.3) is 0 Å². The maximum Gasteiger partial charge on any atom is 0.244 e. The second-order valence-electron chi connectivity index (χ2n) is 6.17. The summed E-state index contributed by atoms with van der Waals surface area (Å²) in [6, 6.07) is 13.1. The lowest BCUT2D eigenvalue weighted by molar-refractivity contribution is -0.120. The van der Waals surface area contributed by atoms with Crippen molar-refractivity contribution in [2.24, 2.45) is 5.10 Å². The molecule has 0 aliphatic heterocycles. The van der Waals surface area contributed by atoms with Crippen molar-refractivity contribution in [1.82, 2.24) is 15.2 Å². The highest BCUT2D eigenvalue weighted by molar-refractivity contribution is 6.32. The minimum absolute atomic E-state index is 0.0974. The third-order valence-corrected chi connectivity index (χ3v) is 4.67. The maximum absolute atomic E-state index is 12.9. The van der Waals surface area contributed by atoms with Gasteiger partial charge in [0.1, 0.15) is 11.0 Å². The fourth-order valence-electron chi connectivity index (χ4n) is 2.58. The first-order valence-electron chi connectivity index (χ1n) is 8.46. The Morgan fingerprint density at radius 1 is 1.14 bits per heavy atom. The smallest absolute Gasteiger partial charge is 0.244 e. The molecule has 0 aliphatic carbocycles. The van der Waals surface area contributed by atoms with Gasteiger partial charge in [-0.1, -0.05) is 47.5 Å². The van der Waals surface area contributed by atoms with Crippen LogP contribution in [0.5, 0.6) is 0 Å². The first-order chi connectivity index (χ1) is 13.4. The highest BCUT2D eigenvalue weighted by atomic mass is 35.5. The van der Waals surface area contributed by atoms with Crippen molar-refractivity contribution in [3.8, 4) is 0 Å². The molecule has 0 bridgehead atoms. The molecule has 5 nitrogen and oxygen atoms in total. The lowest BCUT2D eigenvalue weighted by Gasteiger charge is -2.03. The van der Waals surface area contributed by atoms with Gasteiger partial charge in [-0.2, -0.15) is 10.2 Å². The van der Waals surface area contributed by atoms with E-state index in [0.717, 1.165) is 5.56 Å². The standard InChI is InChI=1S/C20H17Cl2FN4O/c1-13-18(11-24-25-19(28)10-14-4-8-17(23)9-5-14)20(22)27(26-13)12-15-2-6-16(21)7-3-15/h2-9,11H,10,12H2,1H3,(H,25,28)/b24-11+. The van der Waals surface area contributed by atoms with Crippen LogP contribution in [0.2, 0.25) is 10.2 Å². The molecule has 0 saturated heterocycles. The number of amides is 1. The van der Waals surface area contributed by atoms with E-state index in [1.165, 1.54) is 18.3 Å². The molecule has 1 aromatic heterocycles. The topological polar surface area (TPSA) is 59.3 Å². The average molecular weight is 419 g/mol. The van der Waals surface area contributed by atoms with Crippen molar-refractivity contribution < 1.29 is 9.18 Å². The number of hydrazone groups is 1. The zero-order valence-corrected chi connectivity index (χ0v) is 16.5. The Morgan fingerprint density at radius 3 is 2.46 bits per heavy atom. The van der Waals surface area contributed by atoms with Crippen molar-refractivity contribution in [2.45, 2.75) is 19.9 Å². The van der Waals surface area contributed by atoms with Gasteiger partial charge < -0.3 is 0 Å². The third-order valence-electron chi connectivity index (χ3n) is 4.02. The molecule has 2 aromatic carbocycles. The Labute approximate surface area is 171 Å². The molecule has 1 N–H and O–H groups in total. The molecule has 0 aliphatic rings. The lowest BCUT2D eigenvalue weighted by Crippen LogP contribution is -2.19. The number of nitrogens with one attached hydrogen (secondary N) is 1. The number of nitrogens with zero attached hydrogens (tertiary/aromatic N) is 3. The predicted octanol–water partition coefficient (Wildman–Crippen LogP) is 4.38. The van der Waals surface area contributed by atoms with Crippen LogP contribution in [0.1, 0.15) is 22.4 Å². The van der Waals surface area contributed by atoms with E-state index in [0.29, 0.717) is 33.5 Å². The van der Waals surface area contributed by atoms with Crippen LogP contribution in [-0.2, 0) is 17.8 Å². The van der Waals surface area contributed by atoms with Crippen LogP contribution in [0.15, 0.2) is 53.6 Å². The first-order valence-corrected chi connectivity index (χ1v) is 9.21. The van der Waals surface area contributed by atoms with E-state index in [9.17, 15) is 9.18 Å². The van der Waals surface area contributed by atoms with Gasteiger partial charge in [0.2, 0.25) is 5.91 Å². The minimum Gasteiger partial charge on any atom is -0.273 e. The molecular formula is C20H17Cl2FN4O. The van der Waals surface area contributed by atoms with Gasteiger partial charge in [-0.3, -0.25) is 4.79 Å². The van der Waals surface area contributed by atoms with E-state index in [1.54, 1.807) is 28.9 Å². The molecule has 0 saturated carbocycles. The highest BCUT2D eigenvalue weighted by Gasteiger charge is 2.12. The number of aryl methyl sites for hydroxylation is 1. The molecule has 0 radical (unpaired) electrons. The Balaban J connectivity index is 1.63. The highest BCUT2D eigenvalue weighted by Crippen LogP contribution is 2.20. The average Bonchev–Trinajstić information content (AvgIpc) is 2.93. The number of hydrogen-bond acceptors (Lipinski definition) is 3. The summed E-state index contributed by atoms with van der Waals surface area (Å²) in [5, 5.41) is 9.45. The third kappa shape index (κ3) is 5.18. The van der Waals surface area contributed by atoms with Gasteiger partial charge in [-0.25, -0.2) is 14.5 Å². The Hall–Kier alpha value is -2.70. The minimum atomic E-state index is -0.345. The number of carbonyl (C=O) groups is 1. The van der Waals surface area contributed by atoms with Gasteiger partial charge >= 0.3 is 0 Å². The van der Waals surface area contributed by atoms with Crippen LogP contribution in [0.3, 0.4) is 0 Å². The first kappa shape index (κ1) is 20.0. The zero-order chi connectivity index (χ0) is 20.1. The van der Waals surface area contributed by atoms with Crippen molar-refractivity contribution >= 4 is 35.3 Å². The van der Waals surface area contributed by atoms with E-state index >= 15 is 0 Å². The summed E-state index contributed by atoms with van der Waals surface area (Å²) in [5.41, 5.74) is 5.45. The molecule has 28 heavy (non-hydrogen) atoms. The van der Waals surface area contributed by atoms with Crippen LogP contribution >= 0.6 is 23.2 Å². The summed E-state index contributed by atoms with van der Waals surface area (Å²) in [4.78, 5) is 11.9. The molecule has 0 fully saturated rings. The Kier molecular flexibility index (Phi) is 6.44. The number of benzene rings is 2. The summed E-state index contributed by atoms with van der Waals surface area (Å²) in [5.74, 6) is -0.659. The van der Waals surface area contributed by atoms with Gasteiger partial charge in [0.15, 0.2) is 0 Å². The normalized spacial score (nSPS) is 11.1. The van der Waals surface area contributed by atoms with E-state index in [-0.39, 0.29) is 18.1 Å². The number of hydrogen-bond donors (Lipinski definition) is 1.